The number of rotatable bonds is 3. The van der Waals surface area contributed by atoms with Crippen LogP contribution in [0.5, 0.6) is 5.75 Å². The second kappa shape index (κ2) is 7.35. The summed E-state index contributed by atoms with van der Waals surface area (Å²) in [5.74, 6) is -1.24. The number of carbonyl (C=O) groups is 2. The van der Waals surface area contributed by atoms with Gasteiger partial charge in [0.2, 0.25) is 0 Å². The molecule has 2 amide bonds. The minimum atomic E-state index is -0.833. The second-order valence-electron chi connectivity index (χ2n) is 4.71. The Morgan fingerprint density at radius 2 is 1.48 bits per heavy atom. The molecule has 0 unspecified atom stereocenters. The van der Waals surface area contributed by atoms with Gasteiger partial charge in [-0.15, -0.1) is 0 Å². The highest BCUT2D eigenvalue weighted by molar-refractivity contribution is 6.44. The van der Waals surface area contributed by atoms with Crippen LogP contribution in [0.15, 0.2) is 36.4 Å². The third-order valence-corrected chi connectivity index (χ3v) is 3.52. The standard InChI is InChI=1S/C16H14Cl2N2O3/c1-9-7-10(17)3-5-12(9)19-15(21)16(22)20-13-8-11(18)4-6-14(13)23-2/h3-8H,1-2H3,(H,19,21)(H,20,22). The van der Waals surface area contributed by atoms with Crippen LogP contribution in [0.3, 0.4) is 0 Å². The van der Waals surface area contributed by atoms with Gasteiger partial charge in [-0.1, -0.05) is 23.2 Å². The number of hydrogen-bond acceptors (Lipinski definition) is 3. The number of methoxy groups -OCH3 is 1. The molecule has 7 heteroatoms. The van der Waals surface area contributed by atoms with Gasteiger partial charge < -0.3 is 15.4 Å². The molecule has 0 aliphatic rings. The highest BCUT2D eigenvalue weighted by atomic mass is 35.5. The molecule has 2 N–H and O–H groups in total. The fraction of sp³-hybridized carbons (Fsp3) is 0.125. The Balaban J connectivity index is 2.11. The van der Waals surface area contributed by atoms with E-state index in [1.807, 2.05) is 0 Å². The quantitative estimate of drug-likeness (QED) is 0.823. The lowest BCUT2D eigenvalue weighted by Gasteiger charge is -2.11. The van der Waals surface area contributed by atoms with Gasteiger partial charge in [-0.3, -0.25) is 9.59 Å². The Kier molecular flexibility index (Phi) is 5.47. The molecule has 5 nitrogen and oxygen atoms in total. The van der Waals surface area contributed by atoms with Crippen molar-refractivity contribution in [1.82, 2.24) is 0 Å². The Morgan fingerprint density at radius 1 is 0.913 bits per heavy atom. The fourth-order valence-corrected chi connectivity index (χ4v) is 2.30. The first-order valence-electron chi connectivity index (χ1n) is 6.62. The van der Waals surface area contributed by atoms with Crippen molar-refractivity contribution >= 4 is 46.4 Å². The molecule has 2 aromatic rings. The molecule has 0 fully saturated rings. The van der Waals surface area contributed by atoms with E-state index in [1.165, 1.54) is 13.2 Å². The molecule has 0 radical (unpaired) electrons. The lowest BCUT2D eigenvalue weighted by atomic mass is 10.2. The molecule has 2 rings (SSSR count). The summed E-state index contributed by atoms with van der Waals surface area (Å²) in [5, 5.41) is 5.95. The maximum absolute atomic E-state index is 12.0. The van der Waals surface area contributed by atoms with Gasteiger partial charge in [-0.2, -0.15) is 0 Å². The van der Waals surface area contributed by atoms with E-state index in [0.29, 0.717) is 27.2 Å². The normalized spacial score (nSPS) is 10.1. The minimum absolute atomic E-state index is 0.313. The third kappa shape index (κ3) is 4.37. The van der Waals surface area contributed by atoms with Gasteiger partial charge in [0.25, 0.3) is 0 Å². The van der Waals surface area contributed by atoms with Crippen molar-refractivity contribution in [3.63, 3.8) is 0 Å². The van der Waals surface area contributed by atoms with E-state index >= 15 is 0 Å². The number of anilines is 2. The van der Waals surface area contributed by atoms with Crippen molar-refractivity contribution in [3.8, 4) is 5.75 Å². The number of amides is 2. The number of halogens is 2. The highest BCUT2D eigenvalue weighted by Crippen LogP contribution is 2.27. The second-order valence-corrected chi connectivity index (χ2v) is 5.58. The van der Waals surface area contributed by atoms with Crippen LogP contribution in [-0.4, -0.2) is 18.9 Å². The summed E-state index contributed by atoms with van der Waals surface area (Å²) in [6.45, 7) is 1.78. The van der Waals surface area contributed by atoms with Crippen LogP contribution in [0.4, 0.5) is 11.4 Å². The third-order valence-electron chi connectivity index (χ3n) is 3.05. The van der Waals surface area contributed by atoms with Gasteiger partial charge in [-0.05, 0) is 48.9 Å². The van der Waals surface area contributed by atoms with Gasteiger partial charge in [0.15, 0.2) is 0 Å². The molecule has 0 bridgehead atoms. The largest absolute Gasteiger partial charge is 0.495 e. The average Bonchev–Trinajstić information content (AvgIpc) is 2.50. The topological polar surface area (TPSA) is 67.4 Å². The molecular formula is C16H14Cl2N2O3. The fourth-order valence-electron chi connectivity index (χ4n) is 1.90. The van der Waals surface area contributed by atoms with Crippen molar-refractivity contribution in [1.29, 1.82) is 0 Å². The SMILES string of the molecule is COc1ccc(Cl)cc1NC(=O)C(=O)Nc1ccc(Cl)cc1C. The molecule has 0 saturated carbocycles. The first-order valence-corrected chi connectivity index (χ1v) is 7.38. The van der Waals surface area contributed by atoms with E-state index in [2.05, 4.69) is 10.6 Å². The van der Waals surface area contributed by atoms with Crippen LogP contribution in [0.25, 0.3) is 0 Å². The van der Waals surface area contributed by atoms with Crippen molar-refractivity contribution in [2.75, 3.05) is 17.7 Å². The van der Waals surface area contributed by atoms with Crippen LogP contribution in [0.1, 0.15) is 5.56 Å². The van der Waals surface area contributed by atoms with Crippen molar-refractivity contribution in [2.45, 2.75) is 6.92 Å². The van der Waals surface area contributed by atoms with Crippen molar-refractivity contribution in [3.05, 3.63) is 52.0 Å². The molecule has 0 spiro atoms. The van der Waals surface area contributed by atoms with E-state index in [9.17, 15) is 9.59 Å². The molecule has 0 aliphatic carbocycles. The van der Waals surface area contributed by atoms with Crippen molar-refractivity contribution in [2.24, 2.45) is 0 Å². The Morgan fingerprint density at radius 3 is 2.09 bits per heavy atom. The Bertz CT molecular complexity index is 763. The average molecular weight is 353 g/mol. The van der Waals surface area contributed by atoms with Crippen LogP contribution < -0.4 is 15.4 Å². The van der Waals surface area contributed by atoms with E-state index in [1.54, 1.807) is 37.3 Å². The van der Waals surface area contributed by atoms with Crippen LogP contribution in [0, 0.1) is 6.92 Å². The van der Waals surface area contributed by atoms with Crippen molar-refractivity contribution < 1.29 is 14.3 Å². The summed E-state index contributed by atoms with van der Waals surface area (Å²) in [7, 11) is 1.45. The smallest absolute Gasteiger partial charge is 0.314 e. The number of hydrogen-bond donors (Lipinski definition) is 2. The summed E-state index contributed by atoms with van der Waals surface area (Å²) in [6.07, 6.45) is 0. The molecule has 0 aliphatic heterocycles. The number of aryl methyl sites for hydroxylation is 1. The summed E-state index contributed by atoms with van der Waals surface area (Å²) < 4.78 is 5.11. The summed E-state index contributed by atoms with van der Waals surface area (Å²) in [4.78, 5) is 24.0. The zero-order valence-corrected chi connectivity index (χ0v) is 14.0. The number of ether oxygens (including phenoxy) is 1. The van der Waals surface area contributed by atoms with Gasteiger partial charge in [0, 0.05) is 15.7 Å². The molecule has 120 valence electrons. The predicted molar refractivity (Wildman–Crippen MR) is 91.5 cm³/mol. The van der Waals surface area contributed by atoms with Gasteiger partial charge in [0.05, 0.1) is 12.8 Å². The Hall–Kier alpha value is -2.24. The van der Waals surface area contributed by atoms with Gasteiger partial charge >= 0.3 is 11.8 Å². The molecular weight excluding hydrogens is 339 g/mol. The lowest BCUT2D eigenvalue weighted by molar-refractivity contribution is -0.133. The van der Waals surface area contributed by atoms with E-state index in [-0.39, 0.29) is 0 Å². The highest BCUT2D eigenvalue weighted by Gasteiger charge is 2.17. The lowest BCUT2D eigenvalue weighted by Crippen LogP contribution is -2.29. The molecule has 0 aromatic heterocycles. The summed E-state index contributed by atoms with van der Waals surface area (Å²) in [5.41, 5.74) is 1.57. The Labute approximate surface area is 143 Å². The van der Waals surface area contributed by atoms with E-state index in [0.717, 1.165) is 5.56 Å². The minimum Gasteiger partial charge on any atom is -0.495 e. The maximum Gasteiger partial charge on any atom is 0.314 e. The van der Waals surface area contributed by atoms with Gasteiger partial charge in [0.1, 0.15) is 5.75 Å². The van der Waals surface area contributed by atoms with Gasteiger partial charge in [-0.25, -0.2) is 0 Å². The molecule has 23 heavy (non-hydrogen) atoms. The van der Waals surface area contributed by atoms with E-state index in [4.69, 9.17) is 27.9 Å². The summed E-state index contributed by atoms with van der Waals surface area (Å²) >= 11 is 11.7. The van der Waals surface area contributed by atoms with Crippen LogP contribution in [0.2, 0.25) is 10.0 Å². The zero-order chi connectivity index (χ0) is 17.0. The predicted octanol–water partition coefficient (Wildman–Crippen LogP) is 3.89. The number of benzene rings is 2. The number of carbonyl (C=O) groups excluding carboxylic acids is 2. The monoisotopic (exact) mass is 352 g/mol. The molecule has 0 heterocycles. The maximum atomic E-state index is 12.0. The molecule has 0 saturated heterocycles. The molecule has 0 atom stereocenters. The number of nitrogens with one attached hydrogen (secondary N) is 2. The van der Waals surface area contributed by atoms with E-state index < -0.39 is 11.8 Å². The zero-order valence-electron chi connectivity index (χ0n) is 12.4. The van der Waals surface area contributed by atoms with Crippen LogP contribution >= 0.6 is 23.2 Å². The molecule has 2 aromatic carbocycles. The summed E-state index contributed by atoms with van der Waals surface area (Å²) in [6, 6.07) is 9.66. The van der Waals surface area contributed by atoms with Crippen LogP contribution in [-0.2, 0) is 9.59 Å². The first-order chi connectivity index (χ1) is 10.9. The first kappa shape index (κ1) is 17.1.